The van der Waals surface area contributed by atoms with Crippen LogP contribution in [0.1, 0.15) is 25.7 Å². The summed E-state index contributed by atoms with van der Waals surface area (Å²) in [5.74, 6) is 0.326. The van der Waals surface area contributed by atoms with E-state index in [0.717, 1.165) is 37.9 Å². The van der Waals surface area contributed by atoms with E-state index in [4.69, 9.17) is 5.73 Å². The van der Waals surface area contributed by atoms with Gasteiger partial charge >= 0.3 is 0 Å². The summed E-state index contributed by atoms with van der Waals surface area (Å²) in [7, 11) is 0. The molecule has 4 heteroatoms. The lowest BCUT2D eigenvalue weighted by Gasteiger charge is -2.30. The van der Waals surface area contributed by atoms with Crippen LogP contribution in [0.25, 0.3) is 0 Å². The molecule has 17 heavy (non-hydrogen) atoms. The number of carbonyl (C=O) groups excluding carboxylic acids is 2. The number of amides is 2. The molecular formula is C13H18N2O2. The first-order valence-corrected chi connectivity index (χ1v) is 6.05. The number of rotatable bonds is 3. The predicted molar refractivity (Wildman–Crippen MR) is 64.6 cm³/mol. The van der Waals surface area contributed by atoms with E-state index < -0.39 is 0 Å². The molecule has 1 heterocycles. The molecule has 92 valence electrons. The summed E-state index contributed by atoms with van der Waals surface area (Å²) in [4.78, 5) is 24.3. The van der Waals surface area contributed by atoms with Crippen LogP contribution in [0.15, 0.2) is 24.4 Å². The summed E-state index contributed by atoms with van der Waals surface area (Å²) >= 11 is 0. The van der Waals surface area contributed by atoms with Crippen LogP contribution in [0.5, 0.6) is 0 Å². The molecule has 4 nitrogen and oxygen atoms in total. The van der Waals surface area contributed by atoms with Gasteiger partial charge in [-0.3, -0.25) is 9.59 Å². The van der Waals surface area contributed by atoms with Crippen LogP contribution in [0.2, 0.25) is 0 Å². The summed E-state index contributed by atoms with van der Waals surface area (Å²) < 4.78 is 0. The Morgan fingerprint density at radius 2 is 2.00 bits per heavy atom. The van der Waals surface area contributed by atoms with Crippen molar-refractivity contribution in [1.82, 2.24) is 4.90 Å². The zero-order chi connectivity index (χ0) is 12.4. The van der Waals surface area contributed by atoms with Crippen molar-refractivity contribution in [3.05, 3.63) is 24.4 Å². The van der Waals surface area contributed by atoms with Crippen molar-refractivity contribution in [2.24, 2.45) is 17.6 Å². The van der Waals surface area contributed by atoms with Crippen molar-refractivity contribution < 1.29 is 9.59 Å². The van der Waals surface area contributed by atoms with Gasteiger partial charge in [0.05, 0.1) is 0 Å². The van der Waals surface area contributed by atoms with Crippen molar-refractivity contribution in [1.29, 1.82) is 0 Å². The average molecular weight is 234 g/mol. The lowest BCUT2D eigenvalue weighted by molar-refractivity contribution is -0.125. The summed E-state index contributed by atoms with van der Waals surface area (Å²) in [5, 5.41) is 0. The maximum Gasteiger partial charge on any atom is 0.251 e. The molecule has 2 N–H and O–H groups in total. The largest absolute Gasteiger partial charge is 0.369 e. The van der Waals surface area contributed by atoms with E-state index in [1.807, 2.05) is 0 Å². The molecule has 0 atom stereocenters. The molecular weight excluding hydrogens is 216 g/mol. The molecule has 0 unspecified atom stereocenters. The highest BCUT2D eigenvalue weighted by Gasteiger charge is 2.28. The van der Waals surface area contributed by atoms with Gasteiger partial charge in [0.25, 0.3) is 5.91 Å². The number of nitrogens with two attached hydrogens (primary N) is 1. The summed E-state index contributed by atoms with van der Waals surface area (Å²) in [6.45, 7) is 4.56. The Balaban J connectivity index is 1.84. The van der Waals surface area contributed by atoms with E-state index in [1.54, 1.807) is 17.1 Å². The Kier molecular flexibility index (Phi) is 3.31. The van der Waals surface area contributed by atoms with Crippen LogP contribution < -0.4 is 5.73 Å². The minimum atomic E-state index is -0.188. The van der Waals surface area contributed by atoms with Crippen molar-refractivity contribution in [3.63, 3.8) is 0 Å². The highest BCUT2D eigenvalue weighted by Crippen LogP contribution is 2.30. The van der Waals surface area contributed by atoms with Gasteiger partial charge in [0.2, 0.25) is 5.91 Å². The van der Waals surface area contributed by atoms with E-state index >= 15 is 0 Å². The zero-order valence-corrected chi connectivity index (χ0v) is 9.89. The van der Waals surface area contributed by atoms with E-state index in [-0.39, 0.29) is 17.7 Å². The molecule has 0 aromatic rings. The van der Waals surface area contributed by atoms with Crippen LogP contribution >= 0.6 is 0 Å². The second kappa shape index (κ2) is 4.73. The van der Waals surface area contributed by atoms with Crippen molar-refractivity contribution in [2.45, 2.75) is 25.7 Å². The van der Waals surface area contributed by atoms with Crippen molar-refractivity contribution >= 4 is 11.8 Å². The Morgan fingerprint density at radius 1 is 1.35 bits per heavy atom. The van der Waals surface area contributed by atoms with Gasteiger partial charge in [-0.2, -0.15) is 0 Å². The number of nitrogens with zero attached hydrogens (tertiary/aromatic N) is 1. The molecule has 1 saturated carbocycles. The molecule has 2 aliphatic rings. The maximum absolute atomic E-state index is 11.5. The third-order valence-electron chi connectivity index (χ3n) is 3.72. The molecule has 1 fully saturated rings. The number of allylic oxidation sites excluding steroid dienone is 1. The minimum absolute atomic E-state index is 0.0204. The van der Waals surface area contributed by atoms with Gasteiger partial charge in [-0.25, -0.2) is 0 Å². The van der Waals surface area contributed by atoms with Crippen molar-refractivity contribution in [3.8, 4) is 0 Å². The highest BCUT2D eigenvalue weighted by molar-refractivity contribution is 5.93. The Morgan fingerprint density at radius 3 is 2.47 bits per heavy atom. The fourth-order valence-electron chi connectivity index (χ4n) is 2.58. The van der Waals surface area contributed by atoms with E-state index in [1.165, 1.54) is 0 Å². The molecule has 0 saturated heterocycles. The molecule has 0 aromatic heterocycles. The molecule has 0 bridgehead atoms. The minimum Gasteiger partial charge on any atom is -0.369 e. The summed E-state index contributed by atoms with van der Waals surface area (Å²) in [6.07, 6.45) is 6.92. The molecule has 2 rings (SSSR count). The number of primary amides is 1. The smallest absolute Gasteiger partial charge is 0.251 e. The third kappa shape index (κ3) is 2.57. The van der Waals surface area contributed by atoms with Crippen LogP contribution in [0.4, 0.5) is 0 Å². The maximum atomic E-state index is 11.5. The summed E-state index contributed by atoms with van der Waals surface area (Å²) in [5.41, 5.74) is 6.06. The first kappa shape index (κ1) is 11.9. The highest BCUT2D eigenvalue weighted by atomic mass is 16.2. The lowest BCUT2D eigenvalue weighted by atomic mass is 9.81. The molecule has 2 amide bonds. The molecule has 1 aliphatic heterocycles. The molecule has 0 aromatic carbocycles. The van der Waals surface area contributed by atoms with Gasteiger partial charge in [0.15, 0.2) is 0 Å². The topological polar surface area (TPSA) is 63.4 Å². The normalized spacial score (nSPS) is 28.8. The van der Waals surface area contributed by atoms with Gasteiger partial charge in [-0.05, 0) is 37.7 Å². The van der Waals surface area contributed by atoms with Gasteiger partial charge in [0.1, 0.15) is 0 Å². The second-order valence-electron chi connectivity index (χ2n) is 4.89. The average Bonchev–Trinajstić information content (AvgIpc) is 2.61. The zero-order valence-electron chi connectivity index (χ0n) is 9.89. The molecule has 0 radical (unpaired) electrons. The van der Waals surface area contributed by atoms with E-state index in [9.17, 15) is 9.59 Å². The van der Waals surface area contributed by atoms with Crippen LogP contribution in [-0.4, -0.2) is 23.3 Å². The van der Waals surface area contributed by atoms with E-state index in [2.05, 4.69) is 6.58 Å². The Labute approximate surface area is 101 Å². The second-order valence-corrected chi connectivity index (χ2v) is 4.89. The lowest BCUT2D eigenvalue weighted by Crippen LogP contribution is -2.34. The van der Waals surface area contributed by atoms with Gasteiger partial charge in [-0.15, -0.1) is 0 Å². The van der Waals surface area contributed by atoms with Crippen LogP contribution in [0.3, 0.4) is 0 Å². The van der Waals surface area contributed by atoms with Gasteiger partial charge in [0, 0.05) is 24.2 Å². The quantitative estimate of drug-likeness (QED) is 0.797. The predicted octanol–water partition coefficient (Wildman–Crippen LogP) is 1.19. The number of carbonyl (C=O) groups is 2. The monoisotopic (exact) mass is 234 g/mol. The van der Waals surface area contributed by atoms with Crippen molar-refractivity contribution in [2.75, 3.05) is 6.54 Å². The number of hydrogen-bond donors (Lipinski definition) is 1. The first-order chi connectivity index (χ1) is 8.08. The van der Waals surface area contributed by atoms with Gasteiger partial charge < -0.3 is 10.6 Å². The van der Waals surface area contributed by atoms with Crippen LogP contribution in [0, 0.1) is 11.8 Å². The standard InChI is InChI=1S/C13H18N2O2/c1-9-2-7-12(16)15(9)8-10-3-5-11(6-4-10)13(14)17/h2,7,10-11H,1,3-6,8H2,(H2,14,17)/t10-,11-. The number of hydrogen-bond acceptors (Lipinski definition) is 2. The fraction of sp³-hybridized carbons (Fsp3) is 0.538. The SMILES string of the molecule is C=C1C=CC(=O)N1C[C@H]1CC[C@H](C(N)=O)CC1. The fourth-order valence-corrected chi connectivity index (χ4v) is 2.58. The van der Waals surface area contributed by atoms with Gasteiger partial charge in [-0.1, -0.05) is 6.58 Å². The first-order valence-electron chi connectivity index (χ1n) is 6.05. The molecule has 1 aliphatic carbocycles. The van der Waals surface area contributed by atoms with E-state index in [0.29, 0.717) is 5.92 Å². The Bertz CT molecular complexity index is 361. The Hall–Kier alpha value is -1.58. The third-order valence-corrected chi connectivity index (χ3v) is 3.72. The molecule has 0 spiro atoms. The van der Waals surface area contributed by atoms with Crippen LogP contribution in [-0.2, 0) is 9.59 Å². The summed E-state index contributed by atoms with van der Waals surface area (Å²) in [6, 6.07) is 0.